The molecule has 26 heavy (non-hydrogen) atoms. The van der Waals surface area contributed by atoms with Gasteiger partial charge in [-0.2, -0.15) is 18.4 Å². The van der Waals surface area contributed by atoms with E-state index in [-0.39, 0.29) is 11.1 Å². The number of fused-ring (bicyclic) bond motifs is 1. The number of amides is 1. The van der Waals surface area contributed by atoms with Crippen molar-refractivity contribution in [2.75, 3.05) is 5.43 Å². The van der Waals surface area contributed by atoms with Gasteiger partial charge < -0.3 is 9.97 Å². The van der Waals surface area contributed by atoms with Crippen LogP contribution in [0.1, 0.15) is 21.5 Å². The number of hydrazine groups is 1. The van der Waals surface area contributed by atoms with E-state index < -0.39 is 29.0 Å². The fraction of sp³-hybridized carbons (Fsp3) is 0.0625. The molecule has 1 amide bonds. The van der Waals surface area contributed by atoms with Crippen LogP contribution >= 0.6 is 0 Å². The van der Waals surface area contributed by atoms with E-state index in [0.717, 1.165) is 6.07 Å². The molecule has 1 aromatic heterocycles. The number of nitriles is 1. The molecule has 3 rings (SSSR count). The highest BCUT2D eigenvalue weighted by molar-refractivity contribution is 5.97. The van der Waals surface area contributed by atoms with Crippen LogP contribution in [0.4, 0.5) is 18.9 Å². The number of aromatic nitrogens is 2. The Hall–Kier alpha value is -3.74. The van der Waals surface area contributed by atoms with Gasteiger partial charge in [0.15, 0.2) is 0 Å². The van der Waals surface area contributed by atoms with Gasteiger partial charge in [-0.1, -0.05) is 0 Å². The van der Waals surface area contributed by atoms with Gasteiger partial charge in [-0.3, -0.25) is 15.6 Å². The molecular weight excluding hydrogens is 351 g/mol. The van der Waals surface area contributed by atoms with Crippen LogP contribution < -0.4 is 16.5 Å². The Kier molecular flexibility index (Phi) is 4.13. The Balaban J connectivity index is 1.82. The van der Waals surface area contributed by atoms with Gasteiger partial charge >= 0.3 is 11.9 Å². The number of hydrogen-bond donors (Lipinski definition) is 4. The molecule has 0 radical (unpaired) electrons. The summed E-state index contributed by atoms with van der Waals surface area (Å²) in [5.41, 5.74) is 3.30. The summed E-state index contributed by atoms with van der Waals surface area (Å²) in [7, 11) is 0. The van der Waals surface area contributed by atoms with Crippen molar-refractivity contribution >= 4 is 22.6 Å². The molecule has 0 unspecified atom stereocenters. The van der Waals surface area contributed by atoms with Crippen molar-refractivity contribution in [3.63, 3.8) is 0 Å². The molecule has 0 aliphatic rings. The maximum absolute atomic E-state index is 13.1. The van der Waals surface area contributed by atoms with Crippen molar-refractivity contribution in [1.29, 1.82) is 5.26 Å². The smallest absolute Gasteiger partial charge is 0.306 e. The first-order valence-electron chi connectivity index (χ1n) is 7.17. The summed E-state index contributed by atoms with van der Waals surface area (Å²) in [4.78, 5) is 28.3. The summed E-state index contributed by atoms with van der Waals surface area (Å²) in [5.74, 6) is -0.702. The van der Waals surface area contributed by atoms with Crippen molar-refractivity contribution in [2.45, 2.75) is 6.18 Å². The lowest BCUT2D eigenvalue weighted by molar-refractivity contribution is -0.137. The summed E-state index contributed by atoms with van der Waals surface area (Å²) in [5, 5.41) is 8.74. The minimum Gasteiger partial charge on any atom is -0.306 e. The highest BCUT2D eigenvalue weighted by Crippen LogP contribution is 2.35. The third-order valence-corrected chi connectivity index (χ3v) is 3.54. The lowest BCUT2D eigenvalue weighted by Crippen LogP contribution is -2.30. The quantitative estimate of drug-likeness (QED) is 0.537. The van der Waals surface area contributed by atoms with Crippen molar-refractivity contribution < 1.29 is 18.0 Å². The third kappa shape index (κ3) is 3.36. The summed E-state index contributed by atoms with van der Waals surface area (Å²) >= 11 is 0. The fourth-order valence-corrected chi connectivity index (χ4v) is 2.33. The number of imidazole rings is 1. The SMILES string of the molecule is N#Cc1ccc(NNC(=O)c2ccc3[nH]c(=O)[nH]c3c2)c(C(F)(F)F)c1. The minimum absolute atomic E-state index is 0.127. The maximum Gasteiger partial charge on any atom is 0.418 e. The zero-order valence-electron chi connectivity index (χ0n) is 12.9. The molecule has 3 aromatic rings. The molecule has 1 heterocycles. The summed E-state index contributed by atoms with van der Waals surface area (Å²) in [6, 6.07) is 8.84. The number of aromatic amines is 2. The normalized spacial score (nSPS) is 11.2. The number of anilines is 1. The number of halogens is 3. The molecule has 7 nitrogen and oxygen atoms in total. The molecule has 132 valence electrons. The second-order valence-electron chi connectivity index (χ2n) is 5.29. The van der Waals surface area contributed by atoms with Gasteiger partial charge in [0.1, 0.15) is 0 Å². The predicted molar refractivity (Wildman–Crippen MR) is 86.2 cm³/mol. The van der Waals surface area contributed by atoms with Gasteiger partial charge in [-0.15, -0.1) is 0 Å². The second-order valence-corrected chi connectivity index (χ2v) is 5.29. The van der Waals surface area contributed by atoms with Crippen LogP contribution in [0.2, 0.25) is 0 Å². The van der Waals surface area contributed by atoms with E-state index in [1.165, 1.54) is 24.3 Å². The number of alkyl halides is 3. The summed E-state index contributed by atoms with van der Waals surface area (Å²) < 4.78 is 39.3. The maximum atomic E-state index is 13.1. The number of carbonyl (C=O) groups is 1. The van der Waals surface area contributed by atoms with Gasteiger partial charge in [0, 0.05) is 5.56 Å². The fourth-order valence-electron chi connectivity index (χ4n) is 2.33. The number of rotatable bonds is 3. The van der Waals surface area contributed by atoms with E-state index in [2.05, 4.69) is 20.8 Å². The minimum atomic E-state index is -4.70. The first-order valence-corrected chi connectivity index (χ1v) is 7.17. The molecule has 4 N–H and O–H groups in total. The monoisotopic (exact) mass is 361 g/mol. The number of hydrogen-bond acceptors (Lipinski definition) is 4. The van der Waals surface area contributed by atoms with Crippen LogP contribution in [-0.4, -0.2) is 15.9 Å². The first-order chi connectivity index (χ1) is 12.3. The zero-order chi connectivity index (χ0) is 18.9. The molecule has 0 spiro atoms. The van der Waals surface area contributed by atoms with Crippen LogP contribution in [-0.2, 0) is 6.18 Å². The van der Waals surface area contributed by atoms with E-state index in [0.29, 0.717) is 17.1 Å². The summed E-state index contributed by atoms with van der Waals surface area (Å²) in [6.07, 6.45) is -4.70. The van der Waals surface area contributed by atoms with E-state index in [9.17, 15) is 22.8 Å². The van der Waals surface area contributed by atoms with Crippen molar-refractivity contribution in [2.24, 2.45) is 0 Å². The Morgan fingerprint density at radius 2 is 1.81 bits per heavy atom. The van der Waals surface area contributed by atoms with E-state index in [4.69, 9.17) is 5.26 Å². The van der Waals surface area contributed by atoms with Crippen LogP contribution in [0, 0.1) is 11.3 Å². The molecule has 0 saturated carbocycles. The Morgan fingerprint density at radius 3 is 2.50 bits per heavy atom. The number of carbonyl (C=O) groups excluding carboxylic acids is 1. The van der Waals surface area contributed by atoms with Crippen molar-refractivity contribution in [3.05, 3.63) is 63.6 Å². The van der Waals surface area contributed by atoms with Gasteiger partial charge in [-0.05, 0) is 36.4 Å². The van der Waals surface area contributed by atoms with E-state index in [1.54, 1.807) is 6.07 Å². The van der Waals surface area contributed by atoms with Gasteiger partial charge in [-0.25, -0.2) is 4.79 Å². The highest BCUT2D eigenvalue weighted by atomic mass is 19.4. The average Bonchev–Trinajstić information content (AvgIpc) is 2.97. The van der Waals surface area contributed by atoms with E-state index in [1.807, 2.05) is 0 Å². The molecule has 0 fully saturated rings. The average molecular weight is 361 g/mol. The first kappa shape index (κ1) is 17.1. The Bertz CT molecular complexity index is 1090. The molecule has 0 aliphatic carbocycles. The van der Waals surface area contributed by atoms with Crippen molar-refractivity contribution in [1.82, 2.24) is 15.4 Å². The van der Waals surface area contributed by atoms with Gasteiger partial charge in [0.05, 0.1) is 33.9 Å². The number of nitrogens with one attached hydrogen (secondary N) is 4. The summed E-state index contributed by atoms with van der Waals surface area (Å²) in [6.45, 7) is 0. The second kappa shape index (κ2) is 6.29. The highest BCUT2D eigenvalue weighted by Gasteiger charge is 2.34. The van der Waals surface area contributed by atoms with Crippen LogP contribution in [0.3, 0.4) is 0 Å². The molecule has 0 atom stereocenters. The molecule has 0 aliphatic heterocycles. The third-order valence-electron chi connectivity index (χ3n) is 3.54. The Labute approximate surface area is 143 Å². The standard InChI is InChI=1S/C16H10F3N5O2/c17-16(18,19)10-5-8(7-20)1-3-11(10)23-24-14(25)9-2-4-12-13(6-9)22-15(26)21-12/h1-6,23H,(H,24,25)(H2,21,22,26). The van der Waals surface area contributed by atoms with Crippen LogP contribution in [0.15, 0.2) is 41.2 Å². The van der Waals surface area contributed by atoms with Gasteiger partial charge in [0.2, 0.25) is 0 Å². The topological polar surface area (TPSA) is 114 Å². The predicted octanol–water partition coefficient (Wildman–Crippen LogP) is 2.50. The number of nitrogens with zero attached hydrogens (tertiary/aromatic N) is 1. The molecule has 0 saturated heterocycles. The molecule has 10 heteroatoms. The zero-order valence-corrected chi connectivity index (χ0v) is 12.9. The number of benzene rings is 2. The lowest BCUT2D eigenvalue weighted by Gasteiger charge is -2.15. The molecule has 2 aromatic carbocycles. The van der Waals surface area contributed by atoms with Crippen LogP contribution in [0.25, 0.3) is 11.0 Å². The largest absolute Gasteiger partial charge is 0.418 e. The molecular formula is C16H10F3N5O2. The number of H-pyrrole nitrogens is 2. The van der Waals surface area contributed by atoms with Crippen molar-refractivity contribution in [3.8, 4) is 6.07 Å². The van der Waals surface area contributed by atoms with E-state index >= 15 is 0 Å². The van der Waals surface area contributed by atoms with Crippen LogP contribution in [0.5, 0.6) is 0 Å². The molecule has 0 bridgehead atoms. The lowest BCUT2D eigenvalue weighted by atomic mass is 10.1. The Morgan fingerprint density at radius 1 is 1.08 bits per heavy atom. The van der Waals surface area contributed by atoms with Gasteiger partial charge in [0.25, 0.3) is 5.91 Å².